The largest absolute Gasteiger partial charge is 0.392 e. The third kappa shape index (κ3) is 3.74. The highest BCUT2D eigenvalue weighted by Crippen LogP contribution is 2.36. The van der Waals surface area contributed by atoms with Gasteiger partial charge in [0.2, 0.25) is 0 Å². The van der Waals surface area contributed by atoms with E-state index in [-0.39, 0.29) is 12.8 Å². The van der Waals surface area contributed by atoms with Gasteiger partial charge in [0.25, 0.3) is 0 Å². The Kier molecular flexibility index (Phi) is 4.53. The highest BCUT2D eigenvalue weighted by molar-refractivity contribution is 5.19. The summed E-state index contributed by atoms with van der Waals surface area (Å²) in [7, 11) is 0. The normalized spacial score (nSPS) is 19.5. The molecule has 0 saturated carbocycles. The Hall–Kier alpha value is -1.00. The number of unbranched alkanes of at least 4 members (excludes halogenated alkanes) is 3. The first-order valence-corrected chi connectivity index (χ1v) is 7.14. The van der Waals surface area contributed by atoms with Gasteiger partial charge in [0.15, 0.2) is 0 Å². The second kappa shape index (κ2) is 5.97. The molecule has 0 radical (unpaired) electrons. The highest BCUT2D eigenvalue weighted by Gasteiger charge is 2.41. The van der Waals surface area contributed by atoms with Crippen LogP contribution < -0.4 is 0 Å². The fourth-order valence-corrected chi connectivity index (χ4v) is 2.66. The van der Waals surface area contributed by atoms with Crippen molar-refractivity contribution < 1.29 is 13.2 Å². The molecule has 1 aliphatic carbocycles. The smallest absolute Gasteiger partial charge is 0.346 e. The maximum absolute atomic E-state index is 12.7. The van der Waals surface area contributed by atoms with E-state index in [9.17, 15) is 13.2 Å². The van der Waals surface area contributed by atoms with Crippen molar-refractivity contribution in [3.63, 3.8) is 0 Å². The lowest BCUT2D eigenvalue weighted by atomic mass is 9.89. The minimum Gasteiger partial charge on any atom is -0.346 e. The number of rotatable bonds is 5. The predicted octanol–water partition coefficient (Wildman–Crippen LogP) is 4.20. The van der Waals surface area contributed by atoms with Crippen LogP contribution >= 0.6 is 0 Å². The molecule has 0 aromatic carbocycles. The summed E-state index contributed by atoms with van der Waals surface area (Å²) in [6.45, 7) is 2.16. The second-order valence-corrected chi connectivity index (χ2v) is 5.40. The summed E-state index contributed by atoms with van der Waals surface area (Å²) in [5, 5.41) is 0. The first-order valence-electron chi connectivity index (χ1n) is 7.14. The summed E-state index contributed by atoms with van der Waals surface area (Å²) in [4.78, 5) is 7.54. The molecule has 1 heterocycles. The number of nitrogens with zero attached hydrogens (tertiary/aromatic N) is 1. The van der Waals surface area contributed by atoms with Crippen LogP contribution in [0.5, 0.6) is 0 Å². The minimum atomic E-state index is -4.08. The molecule has 1 aromatic rings. The van der Waals surface area contributed by atoms with Gasteiger partial charge in [-0.15, -0.1) is 0 Å². The maximum Gasteiger partial charge on any atom is 0.392 e. The zero-order chi connectivity index (χ0) is 13.9. The quantitative estimate of drug-likeness (QED) is 0.801. The van der Waals surface area contributed by atoms with Gasteiger partial charge in [-0.1, -0.05) is 26.2 Å². The Morgan fingerprint density at radius 3 is 2.74 bits per heavy atom. The number of aromatic amines is 1. The second-order valence-electron chi connectivity index (χ2n) is 5.40. The average molecular weight is 274 g/mol. The van der Waals surface area contributed by atoms with E-state index in [4.69, 9.17) is 0 Å². The summed E-state index contributed by atoms with van der Waals surface area (Å²) < 4.78 is 38.1. The zero-order valence-electron chi connectivity index (χ0n) is 11.3. The van der Waals surface area contributed by atoms with Gasteiger partial charge < -0.3 is 4.98 Å². The Bertz CT molecular complexity index is 409. The van der Waals surface area contributed by atoms with E-state index in [0.717, 1.165) is 30.8 Å². The summed E-state index contributed by atoms with van der Waals surface area (Å²) in [6.07, 6.45) is 2.07. The van der Waals surface area contributed by atoms with Crippen molar-refractivity contribution >= 4 is 0 Å². The van der Waals surface area contributed by atoms with Gasteiger partial charge in [0.05, 0.1) is 11.6 Å². The number of fused-ring (bicyclic) bond motifs is 1. The Morgan fingerprint density at radius 2 is 2.05 bits per heavy atom. The first-order chi connectivity index (χ1) is 9.00. The molecule has 2 rings (SSSR count). The number of hydrogen-bond donors (Lipinski definition) is 1. The lowest BCUT2D eigenvalue weighted by Gasteiger charge is -2.23. The molecule has 1 atom stereocenters. The van der Waals surface area contributed by atoms with Gasteiger partial charge >= 0.3 is 6.18 Å². The van der Waals surface area contributed by atoms with Crippen LogP contribution in [0.4, 0.5) is 13.2 Å². The van der Waals surface area contributed by atoms with E-state index in [1.165, 1.54) is 12.8 Å². The Morgan fingerprint density at radius 1 is 1.26 bits per heavy atom. The number of aryl methyl sites for hydroxylation is 2. The van der Waals surface area contributed by atoms with Crippen LogP contribution in [-0.4, -0.2) is 16.1 Å². The molecule has 0 saturated heterocycles. The molecule has 2 nitrogen and oxygen atoms in total. The van der Waals surface area contributed by atoms with Crippen molar-refractivity contribution in [2.75, 3.05) is 0 Å². The predicted molar refractivity (Wildman–Crippen MR) is 68.0 cm³/mol. The average Bonchev–Trinajstić information content (AvgIpc) is 2.75. The molecule has 1 aromatic heterocycles. The van der Waals surface area contributed by atoms with E-state index < -0.39 is 12.1 Å². The van der Waals surface area contributed by atoms with Crippen molar-refractivity contribution in [2.24, 2.45) is 5.92 Å². The lowest BCUT2D eigenvalue weighted by Crippen LogP contribution is -2.28. The molecule has 5 heteroatoms. The van der Waals surface area contributed by atoms with Crippen LogP contribution in [0.2, 0.25) is 0 Å². The molecule has 0 spiro atoms. The summed E-state index contributed by atoms with van der Waals surface area (Å²) in [5.74, 6) is -0.336. The SMILES string of the molecule is CCCCCCc1nc2c([nH]1)CC(C(F)(F)F)CC2. The third-order valence-electron chi connectivity index (χ3n) is 3.82. The van der Waals surface area contributed by atoms with Crippen molar-refractivity contribution in [3.8, 4) is 0 Å². The molecular weight excluding hydrogens is 253 g/mol. The number of alkyl halides is 3. The summed E-state index contributed by atoms with van der Waals surface area (Å²) >= 11 is 0. The van der Waals surface area contributed by atoms with Gasteiger partial charge in [-0.3, -0.25) is 0 Å². The van der Waals surface area contributed by atoms with E-state index in [1.807, 2.05) is 0 Å². The maximum atomic E-state index is 12.7. The number of aromatic nitrogens is 2. The van der Waals surface area contributed by atoms with E-state index in [2.05, 4.69) is 16.9 Å². The molecule has 0 bridgehead atoms. The van der Waals surface area contributed by atoms with Crippen LogP contribution in [0.15, 0.2) is 0 Å². The molecule has 108 valence electrons. The van der Waals surface area contributed by atoms with Crippen LogP contribution in [0.1, 0.15) is 56.2 Å². The fraction of sp³-hybridized carbons (Fsp3) is 0.786. The standard InChI is InChI=1S/C14H21F3N2/c1-2-3-4-5-6-13-18-11-8-7-10(14(15,16)17)9-12(11)19-13/h10H,2-9H2,1H3,(H,18,19). The van der Waals surface area contributed by atoms with Gasteiger partial charge in [-0.2, -0.15) is 13.2 Å². The highest BCUT2D eigenvalue weighted by atomic mass is 19.4. The van der Waals surface area contributed by atoms with Crippen LogP contribution in [0, 0.1) is 5.92 Å². The van der Waals surface area contributed by atoms with Crippen LogP contribution in [-0.2, 0) is 19.3 Å². The van der Waals surface area contributed by atoms with E-state index in [0.29, 0.717) is 12.1 Å². The van der Waals surface area contributed by atoms with Crippen LogP contribution in [0.25, 0.3) is 0 Å². The van der Waals surface area contributed by atoms with Crippen molar-refractivity contribution in [1.29, 1.82) is 0 Å². The van der Waals surface area contributed by atoms with E-state index in [1.54, 1.807) is 0 Å². The fourth-order valence-electron chi connectivity index (χ4n) is 2.66. The van der Waals surface area contributed by atoms with Gasteiger partial charge in [-0.05, 0) is 19.3 Å². The molecule has 1 N–H and O–H groups in total. The van der Waals surface area contributed by atoms with E-state index >= 15 is 0 Å². The number of hydrogen-bond acceptors (Lipinski definition) is 1. The summed E-state index contributed by atoms with van der Waals surface area (Å²) in [5.41, 5.74) is 1.56. The molecule has 19 heavy (non-hydrogen) atoms. The number of imidazole rings is 1. The molecule has 1 unspecified atom stereocenters. The third-order valence-corrected chi connectivity index (χ3v) is 3.82. The van der Waals surface area contributed by atoms with Crippen LogP contribution in [0.3, 0.4) is 0 Å². The topological polar surface area (TPSA) is 28.7 Å². The first kappa shape index (κ1) is 14.4. The van der Waals surface area contributed by atoms with Crippen molar-refractivity contribution in [2.45, 2.75) is 64.5 Å². The van der Waals surface area contributed by atoms with Crippen molar-refractivity contribution in [3.05, 3.63) is 17.2 Å². The molecular formula is C14H21F3N2. The molecule has 0 fully saturated rings. The monoisotopic (exact) mass is 274 g/mol. The Balaban J connectivity index is 1.93. The molecule has 1 aliphatic rings. The lowest BCUT2D eigenvalue weighted by molar-refractivity contribution is -0.177. The number of halogens is 3. The van der Waals surface area contributed by atoms with Gasteiger partial charge in [-0.25, -0.2) is 4.98 Å². The van der Waals surface area contributed by atoms with Gasteiger partial charge in [0.1, 0.15) is 5.82 Å². The molecule has 0 amide bonds. The number of nitrogens with one attached hydrogen (secondary N) is 1. The number of H-pyrrole nitrogens is 1. The van der Waals surface area contributed by atoms with Crippen molar-refractivity contribution in [1.82, 2.24) is 9.97 Å². The van der Waals surface area contributed by atoms with Gasteiger partial charge in [0, 0.05) is 18.5 Å². The minimum absolute atomic E-state index is 0.0702. The zero-order valence-corrected chi connectivity index (χ0v) is 11.3. The summed E-state index contributed by atoms with van der Waals surface area (Å²) in [6, 6.07) is 0. The Labute approximate surface area is 111 Å². The molecule has 0 aliphatic heterocycles.